The summed E-state index contributed by atoms with van der Waals surface area (Å²) in [6.45, 7) is 4.78. The first-order valence-corrected chi connectivity index (χ1v) is 15.1. The summed E-state index contributed by atoms with van der Waals surface area (Å²) in [7, 11) is 0. The SMILES string of the molecule is CCCCCC(=O)c1cccc2c1-c1ccc(CCCC(=O)NCCCC)cc1C2COC(=O)ON1C(=O)CCC1=O. The maximum atomic E-state index is 13.3. The molecule has 1 heterocycles. The maximum Gasteiger partial charge on any atom is 0.533 e. The van der Waals surface area contributed by atoms with Crippen LogP contribution in [0, 0.1) is 0 Å². The Morgan fingerprint density at radius 1 is 0.905 bits per heavy atom. The van der Waals surface area contributed by atoms with Crippen molar-refractivity contribution in [3.05, 3.63) is 58.7 Å². The molecular weight excluding hydrogens is 536 g/mol. The Balaban J connectivity index is 1.53. The molecule has 0 aromatic heterocycles. The van der Waals surface area contributed by atoms with Crippen LogP contribution in [0.5, 0.6) is 0 Å². The summed E-state index contributed by atoms with van der Waals surface area (Å²) in [5, 5.41) is 3.41. The summed E-state index contributed by atoms with van der Waals surface area (Å²) in [4.78, 5) is 66.5. The normalized spacial score (nSPS) is 15.4. The van der Waals surface area contributed by atoms with Crippen molar-refractivity contribution in [1.82, 2.24) is 10.4 Å². The van der Waals surface area contributed by atoms with Crippen LogP contribution in [-0.4, -0.2) is 47.9 Å². The molecule has 9 heteroatoms. The van der Waals surface area contributed by atoms with Gasteiger partial charge in [0.05, 0.1) is 0 Å². The van der Waals surface area contributed by atoms with Crippen molar-refractivity contribution in [2.45, 2.75) is 90.4 Å². The second-order valence-electron chi connectivity index (χ2n) is 10.9. The van der Waals surface area contributed by atoms with Crippen LogP contribution >= 0.6 is 0 Å². The zero-order valence-corrected chi connectivity index (χ0v) is 24.5. The van der Waals surface area contributed by atoms with Crippen LogP contribution in [0.25, 0.3) is 11.1 Å². The van der Waals surface area contributed by atoms with Crippen LogP contribution in [0.15, 0.2) is 36.4 Å². The molecule has 0 radical (unpaired) electrons. The molecule has 0 spiro atoms. The zero-order valence-electron chi connectivity index (χ0n) is 24.5. The second-order valence-corrected chi connectivity index (χ2v) is 10.9. The highest BCUT2D eigenvalue weighted by Gasteiger charge is 2.36. The fraction of sp³-hybridized carbons (Fsp3) is 0.485. The molecule has 1 unspecified atom stereocenters. The smallest absolute Gasteiger partial charge is 0.432 e. The average Bonchev–Trinajstić information content (AvgIpc) is 3.47. The molecule has 2 aromatic rings. The van der Waals surface area contributed by atoms with Crippen LogP contribution in [0.1, 0.15) is 111 Å². The summed E-state index contributed by atoms with van der Waals surface area (Å²) in [5.41, 5.74) is 5.25. The van der Waals surface area contributed by atoms with E-state index in [0.29, 0.717) is 42.9 Å². The van der Waals surface area contributed by atoms with Crippen LogP contribution in [0.4, 0.5) is 4.79 Å². The van der Waals surface area contributed by atoms with Crippen molar-refractivity contribution in [2.75, 3.05) is 13.2 Å². The van der Waals surface area contributed by atoms with E-state index in [4.69, 9.17) is 9.57 Å². The Kier molecular flexibility index (Phi) is 10.9. The van der Waals surface area contributed by atoms with Crippen molar-refractivity contribution in [1.29, 1.82) is 0 Å². The number of fused-ring (bicyclic) bond motifs is 3. The van der Waals surface area contributed by atoms with E-state index in [2.05, 4.69) is 25.2 Å². The Morgan fingerprint density at radius 2 is 1.67 bits per heavy atom. The number of unbranched alkanes of at least 4 members (excludes halogenated alkanes) is 3. The summed E-state index contributed by atoms with van der Waals surface area (Å²) >= 11 is 0. The van der Waals surface area contributed by atoms with Crippen molar-refractivity contribution in [2.24, 2.45) is 0 Å². The molecule has 9 nitrogen and oxygen atoms in total. The first-order valence-electron chi connectivity index (χ1n) is 15.1. The number of benzene rings is 2. The Bertz CT molecular complexity index is 1320. The summed E-state index contributed by atoms with van der Waals surface area (Å²) < 4.78 is 5.43. The fourth-order valence-corrected chi connectivity index (χ4v) is 5.55. The number of hydrogen-bond donors (Lipinski definition) is 1. The highest BCUT2D eigenvalue weighted by Crippen LogP contribution is 2.47. The Hall–Kier alpha value is -4.01. The number of aryl methyl sites for hydroxylation is 1. The number of rotatable bonds is 15. The summed E-state index contributed by atoms with van der Waals surface area (Å²) in [6.07, 6.45) is 5.96. The third-order valence-corrected chi connectivity index (χ3v) is 7.80. The molecule has 4 rings (SSSR count). The first-order chi connectivity index (χ1) is 20.3. The largest absolute Gasteiger partial charge is 0.533 e. The predicted octanol–water partition coefficient (Wildman–Crippen LogP) is 6.02. The van der Waals surface area contributed by atoms with Crippen molar-refractivity contribution < 1.29 is 33.5 Å². The van der Waals surface area contributed by atoms with E-state index in [1.165, 1.54) is 0 Å². The van der Waals surface area contributed by atoms with Gasteiger partial charge in [-0.05, 0) is 53.5 Å². The number of imide groups is 1. The lowest BCUT2D eigenvalue weighted by molar-refractivity contribution is -0.177. The molecule has 1 fully saturated rings. The van der Waals surface area contributed by atoms with Gasteiger partial charge in [-0.3, -0.25) is 24.0 Å². The van der Waals surface area contributed by atoms with Gasteiger partial charge < -0.3 is 10.1 Å². The molecule has 1 aliphatic carbocycles. The van der Waals surface area contributed by atoms with E-state index >= 15 is 0 Å². The van der Waals surface area contributed by atoms with Crippen molar-refractivity contribution >= 4 is 29.7 Å². The molecule has 1 saturated heterocycles. The molecular formula is C33H40N2O7. The number of nitrogens with zero attached hydrogens (tertiary/aromatic N) is 1. The number of Topliss-reactive ketones (excluding diaryl/α,β-unsaturated/α-hetero) is 1. The lowest BCUT2D eigenvalue weighted by Crippen LogP contribution is -2.32. The summed E-state index contributed by atoms with van der Waals surface area (Å²) in [5.74, 6) is -1.40. The number of ether oxygens (including phenoxy) is 1. The van der Waals surface area contributed by atoms with E-state index in [0.717, 1.165) is 59.9 Å². The standard InChI is InChI=1S/C33H40N2O7/c1-3-5-7-13-28(36)25-12-9-11-23-27(21-41-33(40)42-35-30(38)17-18-31(35)39)26-20-22(15-16-24(26)32(23)25)10-8-14-29(37)34-19-6-4-2/h9,11-12,15-16,20,27H,3-8,10,13-14,17-19,21H2,1-2H3,(H,34,37). The van der Waals surface area contributed by atoms with E-state index in [1.54, 1.807) is 0 Å². The molecule has 0 saturated carbocycles. The van der Waals surface area contributed by atoms with Gasteiger partial charge >= 0.3 is 6.16 Å². The molecule has 1 atom stereocenters. The van der Waals surface area contributed by atoms with E-state index in [1.807, 2.05) is 30.3 Å². The number of carbonyl (C=O) groups excluding carboxylic acids is 5. The highest BCUT2D eigenvalue weighted by atomic mass is 16.8. The van der Waals surface area contributed by atoms with Gasteiger partial charge in [0.1, 0.15) is 6.61 Å². The van der Waals surface area contributed by atoms with Crippen LogP contribution < -0.4 is 5.32 Å². The van der Waals surface area contributed by atoms with Gasteiger partial charge in [-0.2, -0.15) is 0 Å². The molecule has 2 aliphatic rings. The number of carbonyl (C=O) groups is 5. The van der Waals surface area contributed by atoms with Crippen LogP contribution in [-0.2, 0) is 30.4 Å². The van der Waals surface area contributed by atoms with Gasteiger partial charge in [0.2, 0.25) is 5.91 Å². The fourth-order valence-electron chi connectivity index (χ4n) is 5.55. The molecule has 2 aromatic carbocycles. The van der Waals surface area contributed by atoms with E-state index < -0.39 is 18.0 Å². The lowest BCUT2D eigenvalue weighted by Gasteiger charge is -2.17. The van der Waals surface area contributed by atoms with Crippen LogP contribution in [0.3, 0.4) is 0 Å². The molecule has 42 heavy (non-hydrogen) atoms. The maximum absolute atomic E-state index is 13.3. The third kappa shape index (κ3) is 7.43. The monoisotopic (exact) mass is 576 g/mol. The number of nitrogens with one attached hydrogen (secondary N) is 1. The molecule has 1 N–H and O–H groups in total. The minimum atomic E-state index is -1.13. The van der Waals surface area contributed by atoms with Gasteiger partial charge in [0, 0.05) is 43.7 Å². The van der Waals surface area contributed by atoms with E-state index in [-0.39, 0.29) is 37.1 Å². The van der Waals surface area contributed by atoms with Gasteiger partial charge in [-0.25, -0.2) is 4.79 Å². The number of ketones is 1. The Labute approximate surface area is 246 Å². The number of amides is 3. The van der Waals surface area contributed by atoms with Gasteiger partial charge in [-0.15, -0.1) is 0 Å². The van der Waals surface area contributed by atoms with Gasteiger partial charge in [0.15, 0.2) is 5.78 Å². The lowest BCUT2D eigenvalue weighted by atomic mass is 9.93. The molecule has 0 bridgehead atoms. The minimum Gasteiger partial charge on any atom is -0.432 e. The molecule has 1 aliphatic heterocycles. The third-order valence-electron chi connectivity index (χ3n) is 7.80. The van der Waals surface area contributed by atoms with Crippen LogP contribution in [0.2, 0.25) is 0 Å². The number of hydroxylamine groups is 2. The second kappa shape index (κ2) is 14.8. The summed E-state index contributed by atoms with van der Waals surface area (Å²) in [6, 6.07) is 11.7. The van der Waals surface area contributed by atoms with E-state index in [9.17, 15) is 24.0 Å². The topological polar surface area (TPSA) is 119 Å². The Morgan fingerprint density at radius 3 is 2.40 bits per heavy atom. The highest BCUT2D eigenvalue weighted by molar-refractivity contribution is 6.05. The minimum absolute atomic E-state index is 0.00622. The van der Waals surface area contributed by atoms with Crippen molar-refractivity contribution in [3.8, 4) is 11.1 Å². The first kappa shape index (κ1) is 30.9. The van der Waals surface area contributed by atoms with Gasteiger partial charge in [0.25, 0.3) is 11.8 Å². The number of hydrogen-bond acceptors (Lipinski definition) is 7. The zero-order chi connectivity index (χ0) is 30.1. The molecule has 3 amide bonds. The van der Waals surface area contributed by atoms with Gasteiger partial charge in [-0.1, -0.05) is 74.6 Å². The molecule has 224 valence electrons. The average molecular weight is 577 g/mol. The van der Waals surface area contributed by atoms with Crippen molar-refractivity contribution in [3.63, 3.8) is 0 Å². The quantitative estimate of drug-likeness (QED) is 0.119. The predicted molar refractivity (Wildman–Crippen MR) is 157 cm³/mol.